The van der Waals surface area contributed by atoms with Crippen molar-refractivity contribution in [1.29, 1.82) is 0 Å². The number of hydrogen-bond acceptors (Lipinski definition) is 9. The maximum absolute atomic E-state index is 12.7. The minimum absolute atomic E-state index is 0.0163. The smallest absolute Gasteiger partial charge is 0.475 e. The molecule has 14 nitrogen and oxygen atoms in total. The van der Waals surface area contributed by atoms with Crippen molar-refractivity contribution in [2.75, 3.05) is 6.54 Å². The van der Waals surface area contributed by atoms with Crippen LogP contribution in [-0.2, 0) is 29.1 Å². The van der Waals surface area contributed by atoms with Crippen LogP contribution in [0.2, 0.25) is 0 Å². The fourth-order valence-corrected chi connectivity index (χ4v) is 3.70. The van der Waals surface area contributed by atoms with Crippen LogP contribution in [0.4, 0.5) is 18.0 Å². The van der Waals surface area contributed by atoms with Crippen LogP contribution in [0, 0.1) is 0 Å². The molecule has 2 bridgehead atoms. The standard InChI is InChI=1S/C15H19N5O7S.C2HF3O2/c16-12(9-4-2-1-3-5-9)14(22)19(17)13(21)11-7-6-10-8-18(11)15(23)20(10)27-28(24,25)26;3-2(4,5)1(6)7/h1-5,10-12H,6-8,16-17H2,(H,24,25,26);(H,6,7)/t10-,11+,12?;/m1./s1. The number of nitrogens with zero attached hydrogens (tertiary/aromatic N) is 3. The van der Waals surface area contributed by atoms with Gasteiger partial charge in [-0.05, 0) is 18.4 Å². The van der Waals surface area contributed by atoms with Crippen molar-refractivity contribution in [2.24, 2.45) is 11.6 Å². The predicted octanol–water partition coefficient (Wildman–Crippen LogP) is -0.448. The number of benzene rings is 1. The molecule has 0 saturated carbocycles. The van der Waals surface area contributed by atoms with Gasteiger partial charge < -0.3 is 15.7 Å². The van der Waals surface area contributed by atoms with Crippen LogP contribution >= 0.6 is 0 Å². The van der Waals surface area contributed by atoms with Crippen molar-refractivity contribution in [3.8, 4) is 0 Å². The highest BCUT2D eigenvalue weighted by Gasteiger charge is 2.50. The Kier molecular flexibility index (Phi) is 8.39. The monoisotopic (exact) mass is 527 g/mol. The fraction of sp³-hybridized carbons (Fsp3) is 0.412. The molecular formula is C17H20F3N5O9S. The summed E-state index contributed by atoms with van der Waals surface area (Å²) in [6, 6.07) is 4.48. The lowest BCUT2D eigenvalue weighted by molar-refractivity contribution is -0.192. The number of nitrogens with two attached hydrogens (primary N) is 2. The normalized spacial score (nSPS) is 20.6. The number of fused-ring (bicyclic) bond motifs is 2. The van der Waals surface area contributed by atoms with Gasteiger partial charge in [0.2, 0.25) is 0 Å². The van der Waals surface area contributed by atoms with Crippen LogP contribution in [0.3, 0.4) is 0 Å². The van der Waals surface area contributed by atoms with Gasteiger partial charge in [-0.1, -0.05) is 30.3 Å². The number of hydroxylamine groups is 2. The topological polar surface area (TPSA) is 214 Å². The van der Waals surface area contributed by atoms with Gasteiger partial charge in [-0.3, -0.25) is 14.1 Å². The Labute approximate surface area is 195 Å². The summed E-state index contributed by atoms with van der Waals surface area (Å²) in [6.45, 7) is -0.0163. The summed E-state index contributed by atoms with van der Waals surface area (Å²) in [5.41, 5.74) is 6.34. The van der Waals surface area contributed by atoms with Gasteiger partial charge >= 0.3 is 28.6 Å². The zero-order valence-corrected chi connectivity index (χ0v) is 18.3. The average Bonchev–Trinajstić information content (AvgIpc) is 3.01. The third-order valence-corrected chi connectivity index (χ3v) is 5.27. The summed E-state index contributed by atoms with van der Waals surface area (Å²) in [4.78, 5) is 47.5. The summed E-state index contributed by atoms with van der Waals surface area (Å²) < 4.78 is 66.6. The van der Waals surface area contributed by atoms with Crippen molar-refractivity contribution in [2.45, 2.75) is 37.1 Å². The van der Waals surface area contributed by atoms with Crippen molar-refractivity contribution < 1.29 is 54.7 Å². The highest BCUT2D eigenvalue weighted by atomic mass is 32.3. The van der Waals surface area contributed by atoms with Gasteiger partial charge in [0.25, 0.3) is 11.8 Å². The van der Waals surface area contributed by atoms with Crippen molar-refractivity contribution in [3.63, 3.8) is 0 Å². The SMILES string of the molecule is NC(C(=O)N(N)C(=O)[C@@H]1CC[C@@H]2CN1C(=O)N2OS(=O)(=O)O)c1ccccc1.O=C(O)C(F)(F)F. The largest absolute Gasteiger partial charge is 0.490 e. The molecule has 2 heterocycles. The van der Waals surface area contributed by atoms with Crippen molar-refractivity contribution in [1.82, 2.24) is 15.0 Å². The summed E-state index contributed by atoms with van der Waals surface area (Å²) in [5.74, 6) is 1.22. The van der Waals surface area contributed by atoms with E-state index in [1.54, 1.807) is 30.3 Å². The van der Waals surface area contributed by atoms with Crippen LogP contribution < -0.4 is 11.6 Å². The van der Waals surface area contributed by atoms with E-state index in [-0.39, 0.29) is 19.4 Å². The first-order chi connectivity index (χ1) is 16.0. The van der Waals surface area contributed by atoms with E-state index in [1.807, 2.05) is 0 Å². The van der Waals surface area contributed by atoms with Crippen LogP contribution in [0.15, 0.2) is 30.3 Å². The Morgan fingerprint density at radius 1 is 1.17 bits per heavy atom. The molecule has 18 heteroatoms. The molecule has 0 aromatic heterocycles. The molecule has 4 amide bonds. The Balaban J connectivity index is 0.000000540. The lowest BCUT2D eigenvalue weighted by Crippen LogP contribution is -2.56. The lowest BCUT2D eigenvalue weighted by Gasteiger charge is -2.31. The number of carbonyl (C=O) groups is 4. The number of halogens is 3. The minimum Gasteiger partial charge on any atom is -0.475 e. The highest BCUT2D eigenvalue weighted by Crippen LogP contribution is 2.31. The quantitative estimate of drug-likeness (QED) is 0.166. The molecule has 3 rings (SSSR count). The average molecular weight is 527 g/mol. The molecule has 3 atom stereocenters. The van der Waals surface area contributed by atoms with E-state index in [1.165, 1.54) is 0 Å². The fourth-order valence-electron chi connectivity index (χ4n) is 3.31. The first-order valence-electron chi connectivity index (χ1n) is 9.54. The molecule has 1 aromatic carbocycles. The molecule has 2 aliphatic heterocycles. The molecule has 2 saturated heterocycles. The third kappa shape index (κ3) is 6.85. The number of aliphatic carboxylic acids is 1. The van der Waals surface area contributed by atoms with Crippen LogP contribution in [0.5, 0.6) is 0 Å². The molecule has 2 fully saturated rings. The van der Waals surface area contributed by atoms with Gasteiger partial charge in [-0.2, -0.15) is 26.7 Å². The van der Waals surface area contributed by atoms with E-state index in [0.29, 0.717) is 15.6 Å². The van der Waals surface area contributed by atoms with Crippen molar-refractivity contribution in [3.05, 3.63) is 35.9 Å². The second kappa shape index (κ2) is 10.5. The number of piperidine rings is 1. The van der Waals surface area contributed by atoms with Crippen molar-refractivity contribution >= 4 is 34.2 Å². The van der Waals surface area contributed by atoms with Crippen LogP contribution in [0.1, 0.15) is 24.4 Å². The molecule has 2 aliphatic rings. The number of hydrazine groups is 1. The van der Waals surface area contributed by atoms with Crippen LogP contribution in [0.25, 0.3) is 0 Å². The highest BCUT2D eigenvalue weighted by molar-refractivity contribution is 7.80. The second-order valence-corrected chi connectivity index (χ2v) is 8.25. The number of carboxylic acid groups (broad SMARTS) is 1. The number of hydrogen-bond donors (Lipinski definition) is 4. The predicted molar refractivity (Wildman–Crippen MR) is 106 cm³/mol. The van der Waals surface area contributed by atoms with Gasteiger partial charge in [0.1, 0.15) is 12.1 Å². The number of rotatable bonds is 5. The van der Waals surface area contributed by atoms with Gasteiger partial charge in [-0.15, -0.1) is 4.28 Å². The first kappa shape index (κ1) is 27.9. The number of imide groups is 1. The maximum atomic E-state index is 12.7. The summed E-state index contributed by atoms with van der Waals surface area (Å²) in [7, 11) is -4.90. The lowest BCUT2D eigenvalue weighted by atomic mass is 9.99. The van der Waals surface area contributed by atoms with Gasteiger partial charge in [0.05, 0.1) is 6.04 Å². The number of alkyl halides is 3. The zero-order chi connectivity index (χ0) is 26.7. The van der Waals surface area contributed by atoms with E-state index in [0.717, 1.165) is 4.90 Å². The summed E-state index contributed by atoms with van der Waals surface area (Å²) >= 11 is 0. The molecule has 1 unspecified atom stereocenters. The Morgan fingerprint density at radius 2 is 1.71 bits per heavy atom. The van der Waals surface area contributed by atoms with Gasteiger partial charge in [0.15, 0.2) is 0 Å². The molecule has 194 valence electrons. The Morgan fingerprint density at radius 3 is 2.20 bits per heavy atom. The molecule has 35 heavy (non-hydrogen) atoms. The second-order valence-electron chi connectivity index (χ2n) is 7.25. The Bertz CT molecular complexity index is 1090. The first-order valence-corrected chi connectivity index (χ1v) is 10.9. The third-order valence-electron chi connectivity index (χ3n) is 4.92. The zero-order valence-electron chi connectivity index (χ0n) is 17.5. The number of carbonyl (C=O) groups excluding carboxylic acids is 3. The number of urea groups is 1. The molecule has 0 radical (unpaired) electrons. The molecular weight excluding hydrogens is 507 g/mol. The van der Waals surface area contributed by atoms with Crippen LogP contribution in [-0.4, -0.2) is 81.7 Å². The van der Waals surface area contributed by atoms with E-state index in [2.05, 4.69) is 4.28 Å². The molecule has 0 aliphatic carbocycles. The maximum Gasteiger partial charge on any atom is 0.490 e. The Hall–Kier alpha value is -3.32. The summed E-state index contributed by atoms with van der Waals surface area (Å²) in [6.07, 6.45) is -4.75. The van der Waals surface area contributed by atoms with Gasteiger partial charge in [-0.25, -0.2) is 20.4 Å². The van der Waals surface area contributed by atoms with E-state index < -0.39 is 58.5 Å². The molecule has 6 N–H and O–H groups in total. The minimum atomic E-state index is -5.08. The summed E-state index contributed by atoms with van der Waals surface area (Å²) in [5, 5.41) is 8.00. The van der Waals surface area contributed by atoms with E-state index in [4.69, 9.17) is 26.0 Å². The van der Waals surface area contributed by atoms with E-state index in [9.17, 15) is 36.0 Å². The van der Waals surface area contributed by atoms with Gasteiger partial charge in [0, 0.05) is 6.54 Å². The number of amides is 4. The molecule has 1 aromatic rings. The molecule has 0 spiro atoms. The van der Waals surface area contributed by atoms with E-state index >= 15 is 0 Å². The number of carboxylic acids is 1.